The fourth-order valence-electron chi connectivity index (χ4n) is 4.30. The third-order valence-corrected chi connectivity index (χ3v) is 6.38. The molecule has 0 aromatic carbocycles. The van der Waals surface area contributed by atoms with Crippen LogP contribution >= 0.6 is 0 Å². The van der Waals surface area contributed by atoms with Crippen LogP contribution < -0.4 is 5.43 Å². The molecule has 27 heavy (non-hydrogen) atoms. The van der Waals surface area contributed by atoms with Gasteiger partial charge in [-0.2, -0.15) is 0 Å². The molecule has 4 rings (SSSR count). The fraction of sp³-hybridized carbons (Fsp3) is 0.789. The summed E-state index contributed by atoms with van der Waals surface area (Å²) < 4.78 is 5.78. The van der Waals surface area contributed by atoms with E-state index in [0.717, 1.165) is 58.2 Å². The Kier molecular flexibility index (Phi) is 5.66. The maximum Gasteiger partial charge on any atom is 0.410 e. The van der Waals surface area contributed by atoms with Gasteiger partial charge in [0.25, 0.3) is 5.91 Å². The molecule has 2 saturated heterocycles. The second-order valence-corrected chi connectivity index (χ2v) is 8.06. The summed E-state index contributed by atoms with van der Waals surface area (Å²) in [5.74, 6) is -0.0347. The summed E-state index contributed by atoms with van der Waals surface area (Å²) in [5.41, 5.74) is 3.17. The molecule has 0 bridgehead atoms. The number of ether oxygens (including phenoxy) is 1. The second kappa shape index (κ2) is 8.16. The van der Waals surface area contributed by atoms with Crippen molar-refractivity contribution in [3.05, 3.63) is 12.2 Å². The minimum absolute atomic E-state index is 0.00894. The number of rotatable bonds is 3. The predicted molar refractivity (Wildman–Crippen MR) is 101 cm³/mol. The highest BCUT2D eigenvalue weighted by atomic mass is 16.6. The third-order valence-electron chi connectivity index (χ3n) is 6.38. The minimum Gasteiger partial charge on any atom is -0.446 e. The van der Waals surface area contributed by atoms with E-state index in [0.29, 0.717) is 0 Å². The van der Waals surface area contributed by atoms with Crippen molar-refractivity contribution < 1.29 is 14.3 Å². The highest BCUT2D eigenvalue weighted by Crippen LogP contribution is 2.26. The van der Waals surface area contributed by atoms with Gasteiger partial charge in [0.05, 0.1) is 6.17 Å². The Hall–Kier alpha value is -1.64. The van der Waals surface area contributed by atoms with E-state index in [4.69, 9.17) is 4.74 Å². The van der Waals surface area contributed by atoms with Crippen LogP contribution in [0.5, 0.6) is 0 Å². The van der Waals surface area contributed by atoms with Gasteiger partial charge in [-0.1, -0.05) is 6.42 Å². The van der Waals surface area contributed by atoms with Gasteiger partial charge in [0.2, 0.25) is 0 Å². The number of carbonyl (C=O) groups is 2. The van der Waals surface area contributed by atoms with Crippen LogP contribution in [0.2, 0.25) is 0 Å². The first-order chi connectivity index (χ1) is 13.1. The number of hydrogen-bond donors (Lipinski definition) is 1. The summed E-state index contributed by atoms with van der Waals surface area (Å²) in [5, 5.41) is 1.51. The van der Waals surface area contributed by atoms with Gasteiger partial charge in [0, 0.05) is 58.4 Å². The molecule has 1 unspecified atom stereocenters. The van der Waals surface area contributed by atoms with Crippen molar-refractivity contribution in [3.8, 4) is 0 Å². The molecule has 150 valence electrons. The highest BCUT2D eigenvalue weighted by Gasteiger charge is 2.32. The molecule has 8 nitrogen and oxygen atoms in total. The molecular formula is C19H31N5O3. The van der Waals surface area contributed by atoms with Crippen LogP contribution in [0.3, 0.4) is 0 Å². The normalized spacial score (nSPS) is 29.1. The predicted octanol–water partition coefficient (Wildman–Crippen LogP) is 0.616. The number of hydrazine groups is 1. The summed E-state index contributed by atoms with van der Waals surface area (Å²) in [6.45, 7) is 5.21. The summed E-state index contributed by atoms with van der Waals surface area (Å²) in [4.78, 5) is 30.7. The number of likely N-dealkylation sites (N-methyl/N-ethyl adjacent to an activating group) is 1. The average molecular weight is 377 g/mol. The largest absolute Gasteiger partial charge is 0.446 e. The molecule has 0 spiro atoms. The van der Waals surface area contributed by atoms with Crippen LogP contribution in [0.15, 0.2) is 12.2 Å². The van der Waals surface area contributed by atoms with Gasteiger partial charge >= 0.3 is 6.09 Å². The first kappa shape index (κ1) is 18.7. The molecule has 0 aromatic rings. The number of nitrogens with zero attached hydrogens (tertiary/aromatic N) is 4. The number of nitrogens with one attached hydrogen (secondary N) is 1. The summed E-state index contributed by atoms with van der Waals surface area (Å²) in [6.07, 6.45) is 9.03. The van der Waals surface area contributed by atoms with Crippen molar-refractivity contribution in [1.29, 1.82) is 0 Å². The van der Waals surface area contributed by atoms with Crippen molar-refractivity contribution in [2.45, 2.75) is 50.4 Å². The molecule has 3 heterocycles. The number of carbonyl (C=O) groups excluding carboxylic acids is 2. The van der Waals surface area contributed by atoms with E-state index in [1.807, 2.05) is 11.0 Å². The van der Waals surface area contributed by atoms with Gasteiger partial charge in [-0.05, 0) is 31.8 Å². The molecule has 0 aromatic heterocycles. The van der Waals surface area contributed by atoms with E-state index in [9.17, 15) is 9.59 Å². The molecule has 1 N–H and O–H groups in total. The summed E-state index contributed by atoms with van der Waals surface area (Å²) >= 11 is 0. The average Bonchev–Trinajstić information content (AvgIpc) is 2.64. The molecule has 8 heteroatoms. The molecule has 1 saturated carbocycles. The number of amides is 2. The van der Waals surface area contributed by atoms with Gasteiger partial charge in [-0.15, -0.1) is 0 Å². The lowest BCUT2D eigenvalue weighted by atomic mass is 9.91. The fourth-order valence-corrected chi connectivity index (χ4v) is 4.30. The van der Waals surface area contributed by atoms with Gasteiger partial charge in [-0.25, -0.2) is 10.2 Å². The number of hydrogen-bond acceptors (Lipinski definition) is 6. The van der Waals surface area contributed by atoms with Crippen LogP contribution in [0.1, 0.15) is 32.1 Å². The van der Waals surface area contributed by atoms with Gasteiger partial charge in [0.15, 0.2) is 0 Å². The lowest BCUT2D eigenvalue weighted by molar-refractivity contribution is -0.130. The smallest absolute Gasteiger partial charge is 0.410 e. The molecule has 0 radical (unpaired) electrons. The van der Waals surface area contributed by atoms with Crippen LogP contribution in [0.4, 0.5) is 4.79 Å². The lowest BCUT2D eigenvalue weighted by Gasteiger charge is -2.43. The maximum absolute atomic E-state index is 12.5. The molecule has 3 fully saturated rings. The molecule has 1 atom stereocenters. The van der Waals surface area contributed by atoms with Crippen molar-refractivity contribution in [2.24, 2.45) is 0 Å². The van der Waals surface area contributed by atoms with Gasteiger partial charge < -0.3 is 9.64 Å². The molecule has 4 aliphatic rings. The Labute approximate surface area is 161 Å². The Morgan fingerprint density at radius 1 is 1.04 bits per heavy atom. The summed E-state index contributed by atoms with van der Waals surface area (Å²) in [6, 6.07) is 0.754. The van der Waals surface area contributed by atoms with Crippen LogP contribution in [-0.4, -0.2) is 96.3 Å². The monoisotopic (exact) mass is 377 g/mol. The molecular weight excluding hydrogens is 346 g/mol. The standard InChI is InChI=1S/C19H31N5O3/c1-21-18(25)6-5-17(20-21)23-9-7-16(8-10-23)27-19(26)24-13-11-22(12-14-24)15-3-2-4-15/h5-6,15-17,20H,2-4,7-14H2,1H3. The van der Waals surface area contributed by atoms with Crippen LogP contribution in [0.25, 0.3) is 0 Å². The second-order valence-electron chi connectivity index (χ2n) is 8.06. The Morgan fingerprint density at radius 2 is 1.74 bits per heavy atom. The maximum atomic E-state index is 12.5. The van der Waals surface area contributed by atoms with E-state index < -0.39 is 0 Å². The third kappa shape index (κ3) is 4.28. The van der Waals surface area contributed by atoms with Crippen LogP contribution in [0, 0.1) is 0 Å². The van der Waals surface area contributed by atoms with Crippen LogP contribution in [-0.2, 0) is 9.53 Å². The van der Waals surface area contributed by atoms with E-state index in [1.165, 1.54) is 24.3 Å². The molecule has 3 aliphatic heterocycles. The topological polar surface area (TPSA) is 68.4 Å². The Morgan fingerprint density at radius 3 is 2.33 bits per heavy atom. The highest BCUT2D eigenvalue weighted by molar-refractivity contribution is 5.87. The van der Waals surface area contributed by atoms with Crippen molar-refractivity contribution in [1.82, 2.24) is 25.1 Å². The first-order valence-electron chi connectivity index (χ1n) is 10.3. The van der Waals surface area contributed by atoms with Gasteiger partial charge in [0.1, 0.15) is 6.10 Å². The quantitative estimate of drug-likeness (QED) is 0.778. The first-order valence-corrected chi connectivity index (χ1v) is 10.3. The van der Waals surface area contributed by atoms with E-state index >= 15 is 0 Å². The van der Waals surface area contributed by atoms with Crippen molar-refractivity contribution in [2.75, 3.05) is 46.3 Å². The van der Waals surface area contributed by atoms with Gasteiger partial charge in [-0.3, -0.25) is 19.6 Å². The summed E-state index contributed by atoms with van der Waals surface area (Å²) in [7, 11) is 1.73. The SMILES string of the molecule is CN1NC(N2CCC(OC(=O)N3CCN(C4CCC4)CC3)CC2)C=CC1=O. The Bertz CT molecular complexity index is 578. The van der Waals surface area contributed by atoms with E-state index in [1.54, 1.807) is 13.1 Å². The minimum atomic E-state index is -0.150. The number of piperidine rings is 1. The molecule has 2 amide bonds. The zero-order valence-electron chi connectivity index (χ0n) is 16.2. The molecule has 1 aliphatic carbocycles. The van der Waals surface area contributed by atoms with E-state index in [2.05, 4.69) is 15.2 Å². The zero-order chi connectivity index (χ0) is 18.8. The van der Waals surface area contributed by atoms with E-state index in [-0.39, 0.29) is 24.3 Å². The zero-order valence-corrected chi connectivity index (χ0v) is 16.2. The lowest BCUT2D eigenvalue weighted by Crippen LogP contribution is -2.57. The Balaban J connectivity index is 1.18. The number of likely N-dealkylation sites (tertiary alicyclic amines) is 1. The number of piperazine rings is 1. The van der Waals surface area contributed by atoms with Crippen molar-refractivity contribution >= 4 is 12.0 Å². The van der Waals surface area contributed by atoms with Crippen molar-refractivity contribution in [3.63, 3.8) is 0 Å².